The monoisotopic (exact) mass is 267 g/mol. The number of carbonyl (C=O) groups is 1. The lowest BCUT2D eigenvalue weighted by atomic mass is 9.64. The number of carbonyl (C=O) groups excluding carboxylic acids is 1. The third-order valence-corrected chi connectivity index (χ3v) is 5.24. The first-order valence-corrected chi connectivity index (χ1v) is 7.26. The van der Waals surface area contributed by atoms with E-state index >= 15 is 0 Å². The summed E-state index contributed by atoms with van der Waals surface area (Å²) >= 11 is 1.55. The lowest BCUT2D eigenvalue weighted by Crippen LogP contribution is -2.61. The van der Waals surface area contributed by atoms with Crippen molar-refractivity contribution in [3.8, 4) is 0 Å². The number of rotatable bonds is 3. The third kappa shape index (κ3) is 2.19. The summed E-state index contributed by atoms with van der Waals surface area (Å²) in [6.45, 7) is 8.13. The van der Waals surface area contributed by atoms with Crippen LogP contribution in [0.25, 0.3) is 0 Å². The second-order valence-corrected chi connectivity index (χ2v) is 6.90. The van der Waals surface area contributed by atoms with E-state index in [1.807, 2.05) is 19.9 Å². The molecule has 1 amide bonds. The van der Waals surface area contributed by atoms with Crippen molar-refractivity contribution in [1.82, 2.24) is 5.32 Å². The zero-order valence-corrected chi connectivity index (χ0v) is 12.2. The molecular formula is C14H21NO2S. The van der Waals surface area contributed by atoms with Gasteiger partial charge in [-0.2, -0.15) is 0 Å². The maximum Gasteiger partial charge on any atom is 0.261 e. The first-order valence-electron chi connectivity index (χ1n) is 6.44. The van der Waals surface area contributed by atoms with E-state index in [9.17, 15) is 9.90 Å². The number of thiophene rings is 1. The second kappa shape index (κ2) is 4.67. The van der Waals surface area contributed by atoms with Gasteiger partial charge in [0.2, 0.25) is 0 Å². The van der Waals surface area contributed by atoms with E-state index < -0.39 is 0 Å². The van der Waals surface area contributed by atoms with Gasteiger partial charge >= 0.3 is 0 Å². The summed E-state index contributed by atoms with van der Waals surface area (Å²) in [5.41, 5.74) is 1.04. The van der Waals surface area contributed by atoms with Gasteiger partial charge in [0.1, 0.15) is 0 Å². The molecule has 0 radical (unpaired) electrons. The minimum atomic E-state index is -0.306. The predicted molar refractivity (Wildman–Crippen MR) is 74.1 cm³/mol. The Kier molecular flexibility index (Phi) is 3.52. The third-order valence-electron chi connectivity index (χ3n) is 4.15. The van der Waals surface area contributed by atoms with Crippen molar-refractivity contribution in [3.05, 3.63) is 21.4 Å². The zero-order chi connectivity index (χ0) is 13.5. The van der Waals surface area contributed by atoms with Gasteiger partial charge in [-0.1, -0.05) is 20.8 Å². The van der Waals surface area contributed by atoms with Gasteiger partial charge in [0.15, 0.2) is 0 Å². The molecule has 4 heteroatoms. The van der Waals surface area contributed by atoms with Gasteiger partial charge in [0, 0.05) is 16.3 Å². The molecule has 1 aromatic rings. The Morgan fingerprint density at radius 3 is 2.72 bits per heavy atom. The van der Waals surface area contributed by atoms with Crippen LogP contribution in [0.1, 0.15) is 47.3 Å². The second-order valence-electron chi connectivity index (χ2n) is 5.64. The molecule has 0 spiro atoms. The molecular weight excluding hydrogens is 246 g/mol. The van der Waals surface area contributed by atoms with E-state index in [2.05, 4.69) is 19.2 Å². The maximum absolute atomic E-state index is 12.1. The Labute approximate surface area is 112 Å². The summed E-state index contributed by atoms with van der Waals surface area (Å²) in [6.07, 6.45) is 1.31. The molecule has 1 fully saturated rings. The average Bonchev–Trinajstić information content (AvgIpc) is 2.70. The molecule has 0 bridgehead atoms. The summed E-state index contributed by atoms with van der Waals surface area (Å²) in [6, 6.07) is 2.06. The molecule has 100 valence electrons. The topological polar surface area (TPSA) is 49.3 Å². The van der Waals surface area contributed by atoms with E-state index in [1.54, 1.807) is 11.3 Å². The van der Waals surface area contributed by atoms with Crippen LogP contribution in [0.3, 0.4) is 0 Å². The van der Waals surface area contributed by atoms with Crippen molar-refractivity contribution in [2.45, 2.75) is 52.7 Å². The van der Waals surface area contributed by atoms with Crippen LogP contribution in [-0.4, -0.2) is 23.2 Å². The zero-order valence-electron chi connectivity index (χ0n) is 11.4. The van der Waals surface area contributed by atoms with Crippen LogP contribution in [0.4, 0.5) is 0 Å². The van der Waals surface area contributed by atoms with Crippen molar-refractivity contribution in [2.24, 2.45) is 5.41 Å². The summed E-state index contributed by atoms with van der Waals surface area (Å²) in [5.74, 6) is -0.00669. The van der Waals surface area contributed by atoms with Crippen molar-refractivity contribution >= 4 is 17.2 Å². The fraction of sp³-hybridized carbons (Fsp3) is 0.643. The SMILES string of the molecule is CCc1cc(C(=O)NC2CC(O)C2(C)C)sc1C. The maximum atomic E-state index is 12.1. The fourth-order valence-corrected chi connectivity index (χ4v) is 3.38. The number of hydrogen-bond donors (Lipinski definition) is 2. The van der Waals surface area contributed by atoms with Crippen molar-refractivity contribution in [1.29, 1.82) is 0 Å². The van der Waals surface area contributed by atoms with Crippen molar-refractivity contribution in [3.63, 3.8) is 0 Å². The van der Waals surface area contributed by atoms with E-state index in [1.165, 1.54) is 10.4 Å². The molecule has 0 aromatic carbocycles. The van der Waals surface area contributed by atoms with Crippen LogP contribution >= 0.6 is 11.3 Å². The van der Waals surface area contributed by atoms with Gasteiger partial charge in [-0.15, -0.1) is 11.3 Å². The van der Waals surface area contributed by atoms with Gasteiger partial charge in [0.05, 0.1) is 11.0 Å². The summed E-state index contributed by atoms with van der Waals surface area (Å²) in [5, 5.41) is 12.7. The van der Waals surface area contributed by atoms with Crippen LogP contribution in [0.15, 0.2) is 6.07 Å². The summed E-state index contributed by atoms with van der Waals surface area (Å²) in [4.78, 5) is 14.1. The molecule has 1 saturated carbocycles. The molecule has 1 heterocycles. The molecule has 3 nitrogen and oxygen atoms in total. The van der Waals surface area contributed by atoms with Gasteiger partial charge in [-0.05, 0) is 31.4 Å². The minimum absolute atomic E-state index is 0.00669. The van der Waals surface area contributed by atoms with E-state index in [-0.39, 0.29) is 23.5 Å². The molecule has 2 N–H and O–H groups in total. The van der Waals surface area contributed by atoms with E-state index in [0.29, 0.717) is 6.42 Å². The Morgan fingerprint density at radius 2 is 2.28 bits per heavy atom. The highest BCUT2D eigenvalue weighted by atomic mass is 32.1. The first kappa shape index (κ1) is 13.6. The lowest BCUT2D eigenvalue weighted by molar-refractivity contribution is -0.0689. The van der Waals surface area contributed by atoms with E-state index in [4.69, 9.17) is 0 Å². The smallest absolute Gasteiger partial charge is 0.261 e. The largest absolute Gasteiger partial charge is 0.392 e. The van der Waals surface area contributed by atoms with Crippen LogP contribution in [-0.2, 0) is 6.42 Å². The Hall–Kier alpha value is -0.870. The molecule has 2 rings (SSSR count). The molecule has 1 aliphatic rings. The summed E-state index contributed by atoms with van der Waals surface area (Å²) < 4.78 is 0. The summed E-state index contributed by atoms with van der Waals surface area (Å²) in [7, 11) is 0. The fourth-order valence-electron chi connectivity index (χ4n) is 2.36. The lowest BCUT2D eigenvalue weighted by Gasteiger charge is -2.49. The highest BCUT2D eigenvalue weighted by Gasteiger charge is 2.48. The number of nitrogens with one attached hydrogen (secondary N) is 1. The minimum Gasteiger partial charge on any atom is -0.392 e. The van der Waals surface area contributed by atoms with Gasteiger partial charge in [-0.3, -0.25) is 4.79 Å². The van der Waals surface area contributed by atoms with Crippen LogP contribution in [0.5, 0.6) is 0 Å². The molecule has 2 atom stereocenters. The standard InChI is InChI=1S/C14H21NO2S/c1-5-9-6-10(18-8(9)2)13(17)15-11-7-12(16)14(11,3)4/h6,11-12,16H,5,7H2,1-4H3,(H,15,17). The normalized spacial score (nSPS) is 25.6. The number of aliphatic hydroxyl groups is 1. The Bertz CT molecular complexity index is 464. The molecule has 0 aliphatic heterocycles. The Balaban J connectivity index is 2.04. The van der Waals surface area contributed by atoms with Gasteiger partial charge < -0.3 is 10.4 Å². The molecule has 18 heavy (non-hydrogen) atoms. The highest BCUT2D eigenvalue weighted by molar-refractivity contribution is 7.14. The number of aliphatic hydroxyl groups excluding tert-OH is 1. The first-order chi connectivity index (χ1) is 8.36. The quantitative estimate of drug-likeness (QED) is 0.884. The molecule has 2 unspecified atom stereocenters. The number of aryl methyl sites for hydroxylation is 2. The highest BCUT2D eigenvalue weighted by Crippen LogP contribution is 2.40. The molecule has 1 aliphatic carbocycles. The van der Waals surface area contributed by atoms with Crippen molar-refractivity contribution in [2.75, 3.05) is 0 Å². The van der Waals surface area contributed by atoms with Gasteiger partial charge in [-0.25, -0.2) is 0 Å². The van der Waals surface area contributed by atoms with Gasteiger partial charge in [0.25, 0.3) is 5.91 Å². The molecule has 1 aromatic heterocycles. The van der Waals surface area contributed by atoms with Crippen LogP contribution < -0.4 is 5.32 Å². The average molecular weight is 267 g/mol. The Morgan fingerprint density at radius 1 is 1.61 bits per heavy atom. The van der Waals surface area contributed by atoms with Crippen LogP contribution in [0, 0.1) is 12.3 Å². The number of hydrogen-bond acceptors (Lipinski definition) is 3. The van der Waals surface area contributed by atoms with Crippen molar-refractivity contribution < 1.29 is 9.90 Å². The molecule has 0 saturated heterocycles. The predicted octanol–water partition coefficient (Wildman–Crippen LogP) is 2.51. The van der Waals surface area contributed by atoms with Crippen LogP contribution in [0.2, 0.25) is 0 Å². The number of amides is 1. The van der Waals surface area contributed by atoms with E-state index in [0.717, 1.165) is 11.3 Å².